The fourth-order valence-corrected chi connectivity index (χ4v) is 6.30. The summed E-state index contributed by atoms with van der Waals surface area (Å²) in [5.74, 6) is 1.49. The summed E-state index contributed by atoms with van der Waals surface area (Å²) in [5.41, 5.74) is -0.391. The molecule has 0 saturated carbocycles. The molecule has 0 radical (unpaired) electrons. The van der Waals surface area contributed by atoms with Crippen LogP contribution in [0.1, 0.15) is 33.1 Å². The van der Waals surface area contributed by atoms with Crippen LogP contribution in [-0.4, -0.2) is 61.5 Å². The lowest BCUT2D eigenvalue weighted by atomic mass is 9.81. The maximum absolute atomic E-state index is 13.1. The van der Waals surface area contributed by atoms with Crippen molar-refractivity contribution in [1.82, 2.24) is 10.2 Å². The van der Waals surface area contributed by atoms with Crippen molar-refractivity contribution in [3.63, 3.8) is 0 Å². The zero-order valence-corrected chi connectivity index (χ0v) is 14.6. The molecule has 0 aromatic carbocycles. The molecule has 2 unspecified atom stereocenters. The van der Waals surface area contributed by atoms with E-state index >= 15 is 0 Å². The molecule has 1 amide bonds. The lowest BCUT2D eigenvalue weighted by molar-refractivity contribution is -0.142. The van der Waals surface area contributed by atoms with Gasteiger partial charge < -0.3 is 10.2 Å². The molecular weight excluding hydrogens is 308 g/mol. The third-order valence-corrected chi connectivity index (χ3v) is 7.88. The van der Waals surface area contributed by atoms with Crippen molar-refractivity contribution in [2.75, 3.05) is 36.9 Å². The van der Waals surface area contributed by atoms with E-state index in [-0.39, 0.29) is 11.7 Å². The van der Waals surface area contributed by atoms with Crippen LogP contribution in [0.4, 0.5) is 0 Å². The van der Waals surface area contributed by atoms with Gasteiger partial charge in [0.1, 0.15) is 5.37 Å². The van der Waals surface area contributed by atoms with Crippen molar-refractivity contribution in [2.24, 2.45) is 5.41 Å². The number of nitrogens with zero attached hydrogens (tertiary/aromatic N) is 1. The minimum absolute atomic E-state index is 0.0525. The molecule has 0 aromatic heterocycles. The molecule has 21 heavy (non-hydrogen) atoms. The van der Waals surface area contributed by atoms with Gasteiger partial charge in [0.15, 0.2) is 9.84 Å². The SMILES string of the molecule is CCCC1(C(=O)N2CCSCC2S(=O)(=O)CC)CCNC1. The number of hydrogen-bond acceptors (Lipinski definition) is 5. The van der Waals surface area contributed by atoms with Crippen molar-refractivity contribution in [1.29, 1.82) is 0 Å². The number of hydrogen-bond donors (Lipinski definition) is 1. The lowest BCUT2D eigenvalue weighted by Crippen LogP contribution is -2.56. The second kappa shape index (κ2) is 6.87. The molecule has 1 N–H and O–H groups in total. The van der Waals surface area contributed by atoms with Crippen LogP contribution in [0.5, 0.6) is 0 Å². The quantitative estimate of drug-likeness (QED) is 0.816. The Hall–Kier alpha value is -0.270. The summed E-state index contributed by atoms with van der Waals surface area (Å²) in [6.07, 6.45) is 2.60. The molecule has 2 heterocycles. The van der Waals surface area contributed by atoms with Crippen LogP contribution in [0.3, 0.4) is 0 Å². The van der Waals surface area contributed by atoms with Gasteiger partial charge in [0.05, 0.1) is 5.41 Å². The molecule has 2 fully saturated rings. The molecule has 0 aliphatic carbocycles. The smallest absolute Gasteiger partial charge is 0.231 e. The number of carbonyl (C=O) groups excluding carboxylic acids is 1. The minimum atomic E-state index is -3.22. The first-order valence-corrected chi connectivity index (χ1v) is 10.6. The van der Waals surface area contributed by atoms with E-state index in [4.69, 9.17) is 0 Å². The average molecular weight is 335 g/mol. The molecule has 7 heteroatoms. The third-order valence-electron chi connectivity index (χ3n) is 4.59. The van der Waals surface area contributed by atoms with Gasteiger partial charge in [0.25, 0.3) is 0 Å². The second-order valence-electron chi connectivity index (χ2n) is 5.94. The number of nitrogens with one attached hydrogen (secondary N) is 1. The van der Waals surface area contributed by atoms with Crippen LogP contribution >= 0.6 is 11.8 Å². The topological polar surface area (TPSA) is 66.5 Å². The molecule has 122 valence electrons. The van der Waals surface area contributed by atoms with E-state index in [1.807, 2.05) is 0 Å². The van der Waals surface area contributed by atoms with E-state index in [0.29, 0.717) is 18.8 Å². The molecule has 0 aromatic rings. The summed E-state index contributed by atoms with van der Waals surface area (Å²) in [5, 5.41) is 2.65. The van der Waals surface area contributed by atoms with Crippen LogP contribution in [0, 0.1) is 5.41 Å². The van der Waals surface area contributed by atoms with Gasteiger partial charge in [-0.05, 0) is 19.4 Å². The Morgan fingerprint density at radius 1 is 1.43 bits per heavy atom. The Morgan fingerprint density at radius 2 is 2.19 bits per heavy atom. The molecule has 2 aliphatic heterocycles. The largest absolute Gasteiger partial charge is 0.323 e. The molecule has 5 nitrogen and oxygen atoms in total. The van der Waals surface area contributed by atoms with Gasteiger partial charge in [-0.3, -0.25) is 4.79 Å². The monoisotopic (exact) mass is 334 g/mol. The zero-order valence-electron chi connectivity index (χ0n) is 12.9. The first-order chi connectivity index (χ1) is 9.97. The highest BCUT2D eigenvalue weighted by Gasteiger charge is 2.47. The Labute approximate surface area is 132 Å². The zero-order chi connectivity index (χ0) is 15.5. The maximum atomic E-state index is 13.1. The highest BCUT2D eigenvalue weighted by molar-refractivity contribution is 8.01. The lowest BCUT2D eigenvalue weighted by Gasteiger charge is -2.40. The summed E-state index contributed by atoms with van der Waals surface area (Å²) < 4.78 is 24.6. The van der Waals surface area contributed by atoms with Gasteiger partial charge in [-0.15, -0.1) is 0 Å². The standard InChI is InChI=1S/C14H26N2O3S2/c1-3-5-14(6-7-15-11-14)13(17)16-8-9-20-10-12(16)21(18,19)4-2/h12,15H,3-11H2,1-2H3. The minimum Gasteiger partial charge on any atom is -0.323 e. The summed E-state index contributed by atoms with van der Waals surface area (Å²) in [7, 11) is -3.22. The van der Waals surface area contributed by atoms with Crippen molar-refractivity contribution in [3.8, 4) is 0 Å². The molecule has 0 bridgehead atoms. The molecular formula is C14H26N2O3S2. The van der Waals surface area contributed by atoms with E-state index in [9.17, 15) is 13.2 Å². The summed E-state index contributed by atoms with van der Waals surface area (Å²) in [4.78, 5) is 14.8. The van der Waals surface area contributed by atoms with Crippen LogP contribution in [-0.2, 0) is 14.6 Å². The van der Waals surface area contributed by atoms with Crippen LogP contribution in [0.2, 0.25) is 0 Å². The summed E-state index contributed by atoms with van der Waals surface area (Å²) in [6, 6.07) is 0. The van der Waals surface area contributed by atoms with E-state index < -0.39 is 20.6 Å². The fraction of sp³-hybridized carbons (Fsp3) is 0.929. The number of carbonyl (C=O) groups is 1. The number of thioether (sulfide) groups is 1. The molecule has 2 rings (SSSR count). The number of sulfone groups is 1. The predicted octanol–water partition coefficient (Wildman–Crippen LogP) is 1.10. The van der Waals surface area contributed by atoms with Gasteiger partial charge in [0.2, 0.25) is 5.91 Å². The van der Waals surface area contributed by atoms with Gasteiger partial charge in [-0.2, -0.15) is 11.8 Å². The van der Waals surface area contributed by atoms with Crippen LogP contribution in [0.25, 0.3) is 0 Å². The average Bonchev–Trinajstić information content (AvgIpc) is 2.96. The normalized spacial score (nSPS) is 30.6. The van der Waals surface area contributed by atoms with Crippen LogP contribution < -0.4 is 5.32 Å². The Morgan fingerprint density at radius 3 is 2.76 bits per heavy atom. The van der Waals surface area contributed by atoms with Crippen molar-refractivity contribution in [3.05, 3.63) is 0 Å². The molecule has 2 aliphatic rings. The maximum Gasteiger partial charge on any atom is 0.231 e. The van der Waals surface area contributed by atoms with Crippen molar-refractivity contribution < 1.29 is 13.2 Å². The molecule has 0 spiro atoms. The van der Waals surface area contributed by atoms with Gasteiger partial charge in [0, 0.05) is 30.3 Å². The van der Waals surface area contributed by atoms with E-state index in [0.717, 1.165) is 31.6 Å². The Kier molecular flexibility index (Phi) is 5.59. The Bertz CT molecular complexity index is 473. The predicted molar refractivity (Wildman–Crippen MR) is 87.1 cm³/mol. The van der Waals surface area contributed by atoms with E-state index in [1.54, 1.807) is 23.6 Å². The molecule has 2 saturated heterocycles. The van der Waals surface area contributed by atoms with Crippen molar-refractivity contribution in [2.45, 2.75) is 38.5 Å². The van der Waals surface area contributed by atoms with E-state index in [1.165, 1.54) is 0 Å². The Balaban J connectivity index is 2.26. The summed E-state index contributed by atoms with van der Waals surface area (Å²) >= 11 is 1.63. The van der Waals surface area contributed by atoms with E-state index in [2.05, 4.69) is 12.2 Å². The van der Waals surface area contributed by atoms with Gasteiger partial charge >= 0.3 is 0 Å². The highest BCUT2D eigenvalue weighted by Crippen LogP contribution is 2.36. The third kappa shape index (κ3) is 3.40. The van der Waals surface area contributed by atoms with Gasteiger partial charge in [-0.25, -0.2) is 8.42 Å². The first kappa shape index (κ1) is 17.1. The van der Waals surface area contributed by atoms with Crippen molar-refractivity contribution >= 4 is 27.5 Å². The fourth-order valence-electron chi connectivity index (χ4n) is 3.33. The number of amides is 1. The highest BCUT2D eigenvalue weighted by atomic mass is 32.2. The number of rotatable bonds is 5. The van der Waals surface area contributed by atoms with Crippen LogP contribution in [0.15, 0.2) is 0 Å². The van der Waals surface area contributed by atoms with Gasteiger partial charge in [-0.1, -0.05) is 20.3 Å². The molecule has 2 atom stereocenters. The second-order valence-corrected chi connectivity index (χ2v) is 9.53. The summed E-state index contributed by atoms with van der Waals surface area (Å²) in [6.45, 7) is 5.83. The first-order valence-electron chi connectivity index (χ1n) is 7.78.